The number of benzene rings is 1. The van der Waals surface area contributed by atoms with Crippen LogP contribution < -0.4 is 10.2 Å². The molecule has 0 saturated heterocycles. The number of para-hydroxylation sites is 1. The van der Waals surface area contributed by atoms with Gasteiger partial charge in [-0.1, -0.05) is 26.0 Å². The number of aromatic nitrogens is 2. The highest BCUT2D eigenvalue weighted by Crippen LogP contribution is 2.41. The van der Waals surface area contributed by atoms with Crippen LogP contribution in [0.1, 0.15) is 57.7 Å². The number of anilines is 1. The minimum absolute atomic E-state index is 0.130. The van der Waals surface area contributed by atoms with Gasteiger partial charge in [-0.25, -0.2) is 9.97 Å². The summed E-state index contributed by atoms with van der Waals surface area (Å²) in [6.45, 7) is 5.69. The Hall–Kier alpha value is -2.17. The van der Waals surface area contributed by atoms with E-state index in [0.717, 1.165) is 35.6 Å². The van der Waals surface area contributed by atoms with Crippen molar-refractivity contribution in [3.05, 3.63) is 30.1 Å². The summed E-state index contributed by atoms with van der Waals surface area (Å²) in [5.74, 6) is 3.13. The van der Waals surface area contributed by atoms with Crippen molar-refractivity contribution in [3.63, 3.8) is 0 Å². The van der Waals surface area contributed by atoms with E-state index in [4.69, 9.17) is 9.97 Å². The van der Waals surface area contributed by atoms with Gasteiger partial charge in [-0.2, -0.15) is 0 Å². The number of amides is 1. The zero-order valence-electron chi connectivity index (χ0n) is 15.7. The van der Waals surface area contributed by atoms with Crippen molar-refractivity contribution >= 4 is 22.6 Å². The molecule has 0 spiro atoms. The van der Waals surface area contributed by atoms with Gasteiger partial charge in [0, 0.05) is 36.9 Å². The SMILES string of the molecule is CC(C)CNC(=O)CCN(c1nc(C2CC2)nc2ccccc12)C1CC1. The molecule has 0 atom stereocenters. The first-order valence-electron chi connectivity index (χ1n) is 9.92. The molecule has 1 N–H and O–H groups in total. The maximum Gasteiger partial charge on any atom is 0.221 e. The second-order valence-corrected chi connectivity index (χ2v) is 8.07. The Morgan fingerprint density at radius 2 is 1.96 bits per heavy atom. The lowest BCUT2D eigenvalue weighted by molar-refractivity contribution is -0.121. The molecule has 0 bridgehead atoms. The topological polar surface area (TPSA) is 58.1 Å². The number of nitrogens with one attached hydrogen (secondary N) is 1. The van der Waals surface area contributed by atoms with Crippen LogP contribution in [-0.2, 0) is 4.79 Å². The summed E-state index contributed by atoms with van der Waals surface area (Å²) in [7, 11) is 0. The van der Waals surface area contributed by atoms with Crippen LogP contribution in [0.15, 0.2) is 24.3 Å². The minimum Gasteiger partial charge on any atom is -0.356 e. The number of nitrogens with zero attached hydrogens (tertiary/aromatic N) is 3. The molecule has 5 heteroatoms. The zero-order chi connectivity index (χ0) is 18.1. The lowest BCUT2D eigenvalue weighted by Gasteiger charge is -2.25. The van der Waals surface area contributed by atoms with E-state index < -0.39 is 0 Å². The van der Waals surface area contributed by atoms with Crippen molar-refractivity contribution in [2.75, 3.05) is 18.0 Å². The van der Waals surface area contributed by atoms with Crippen molar-refractivity contribution in [1.29, 1.82) is 0 Å². The van der Waals surface area contributed by atoms with E-state index in [9.17, 15) is 4.79 Å². The molecular weight excluding hydrogens is 324 g/mol. The molecule has 0 unspecified atom stereocenters. The largest absolute Gasteiger partial charge is 0.356 e. The van der Waals surface area contributed by atoms with Crippen LogP contribution in [0.4, 0.5) is 5.82 Å². The normalized spacial score (nSPS) is 16.9. The second-order valence-electron chi connectivity index (χ2n) is 8.07. The molecule has 2 saturated carbocycles. The maximum absolute atomic E-state index is 12.2. The fraction of sp³-hybridized carbons (Fsp3) is 0.571. The zero-order valence-corrected chi connectivity index (χ0v) is 15.7. The Balaban J connectivity index is 1.57. The summed E-state index contributed by atoms with van der Waals surface area (Å²) in [5.41, 5.74) is 1.02. The lowest BCUT2D eigenvalue weighted by Crippen LogP contribution is -2.34. The summed E-state index contributed by atoms with van der Waals surface area (Å²) < 4.78 is 0. The fourth-order valence-corrected chi connectivity index (χ4v) is 3.30. The molecule has 2 aliphatic carbocycles. The van der Waals surface area contributed by atoms with Crippen molar-refractivity contribution in [2.24, 2.45) is 5.92 Å². The van der Waals surface area contributed by atoms with E-state index in [0.29, 0.717) is 24.3 Å². The van der Waals surface area contributed by atoms with Crippen LogP contribution in [0.3, 0.4) is 0 Å². The molecule has 1 aromatic heterocycles. The quantitative estimate of drug-likeness (QED) is 0.788. The molecule has 1 aromatic carbocycles. The van der Waals surface area contributed by atoms with E-state index in [1.165, 1.54) is 25.7 Å². The molecule has 26 heavy (non-hydrogen) atoms. The molecule has 1 heterocycles. The van der Waals surface area contributed by atoms with Crippen molar-refractivity contribution in [3.8, 4) is 0 Å². The molecule has 2 aliphatic rings. The van der Waals surface area contributed by atoms with E-state index in [1.807, 2.05) is 12.1 Å². The Kier molecular flexibility index (Phi) is 4.79. The molecule has 0 aliphatic heterocycles. The third kappa shape index (κ3) is 3.97. The van der Waals surface area contributed by atoms with Gasteiger partial charge in [0.25, 0.3) is 0 Å². The smallest absolute Gasteiger partial charge is 0.221 e. The molecule has 138 valence electrons. The Morgan fingerprint density at radius 3 is 2.65 bits per heavy atom. The molecular formula is C21H28N4O. The molecule has 0 radical (unpaired) electrons. The number of hydrogen-bond acceptors (Lipinski definition) is 4. The average molecular weight is 352 g/mol. The van der Waals surface area contributed by atoms with Crippen LogP contribution in [-0.4, -0.2) is 35.0 Å². The van der Waals surface area contributed by atoms with Crippen molar-refractivity contribution in [1.82, 2.24) is 15.3 Å². The average Bonchev–Trinajstić information content (AvgIpc) is 3.52. The van der Waals surface area contributed by atoms with E-state index >= 15 is 0 Å². The van der Waals surface area contributed by atoms with Crippen molar-refractivity contribution < 1.29 is 4.79 Å². The van der Waals surface area contributed by atoms with Gasteiger partial charge < -0.3 is 10.2 Å². The molecule has 2 aromatic rings. The summed E-state index contributed by atoms with van der Waals surface area (Å²) in [6.07, 6.45) is 5.27. The van der Waals surface area contributed by atoms with Gasteiger partial charge in [-0.05, 0) is 43.7 Å². The monoisotopic (exact) mass is 352 g/mol. The Morgan fingerprint density at radius 1 is 1.19 bits per heavy atom. The first kappa shape index (κ1) is 17.3. The van der Waals surface area contributed by atoms with Gasteiger partial charge >= 0.3 is 0 Å². The maximum atomic E-state index is 12.2. The summed E-state index contributed by atoms with van der Waals surface area (Å²) >= 11 is 0. The van der Waals surface area contributed by atoms with Gasteiger partial charge in [0.1, 0.15) is 11.6 Å². The third-order valence-electron chi connectivity index (χ3n) is 5.09. The highest BCUT2D eigenvalue weighted by atomic mass is 16.1. The fourth-order valence-electron chi connectivity index (χ4n) is 3.30. The Bertz CT molecular complexity index is 796. The first-order valence-corrected chi connectivity index (χ1v) is 9.92. The summed E-state index contributed by atoms with van der Waals surface area (Å²) in [5, 5.41) is 4.13. The molecule has 5 nitrogen and oxygen atoms in total. The van der Waals surface area contributed by atoms with Crippen LogP contribution in [0, 0.1) is 5.92 Å². The summed E-state index contributed by atoms with van der Waals surface area (Å²) in [6, 6.07) is 8.78. The van der Waals surface area contributed by atoms with Crippen LogP contribution >= 0.6 is 0 Å². The molecule has 1 amide bonds. The third-order valence-corrected chi connectivity index (χ3v) is 5.09. The predicted octanol–water partition coefficient (Wildman–Crippen LogP) is 3.64. The molecule has 2 fully saturated rings. The highest BCUT2D eigenvalue weighted by molar-refractivity contribution is 5.90. The summed E-state index contributed by atoms with van der Waals surface area (Å²) in [4.78, 5) is 24.3. The highest BCUT2D eigenvalue weighted by Gasteiger charge is 2.33. The van der Waals surface area contributed by atoms with Gasteiger partial charge in [0.2, 0.25) is 5.91 Å². The van der Waals surface area contributed by atoms with Crippen LogP contribution in [0.5, 0.6) is 0 Å². The van der Waals surface area contributed by atoms with Crippen LogP contribution in [0.25, 0.3) is 10.9 Å². The number of carbonyl (C=O) groups is 1. The lowest BCUT2D eigenvalue weighted by atomic mass is 10.2. The second kappa shape index (κ2) is 7.22. The van der Waals surface area contributed by atoms with Gasteiger partial charge in [0.15, 0.2) is 0 Å². The number of hydrogen-bond donors (Lipinski definition) is 1. The van der Waals surface area contributed by atoms with Crippen LogP contribution in [0.2, 0.25) is 0 Å². The van der Waals surface area contributed by atoms with Crippen molar-refractivity contribution in [2.45, 2.75) is 57.9 Å². The standard InChI is InChI=1S/C21H28N4O/c1-14(2)13-22-19(26)11-12-25(16-9-10-16)21-17-5-3-4-6-18(17)23-20(24-21)15-7-8-15/h3-6,14-16H,7-13H2,1-2H3,(H,22,26). The molecule has 4 rings (SSSR count). The predicted molar refractivity (Wildman–Crippen MR) is 104 cm³/mol. The van der Waals surface area contributed by atoms with E-state index in [-0.39, 0.29) is 5.91 Å². The van der Waals surface area contributed by atoms with Gasteiger partial charge in [0.05, 0.1) is 5.52 Å². The van der Waals surface area contributed by atoms with Gasteiger partial charge in [-0.3, -0.25) is 4.79 Å². The minimum atomic E-state index is 0.130. The first-order chi connectivity index (χ1) is 12.6. The number of carbonyl (C=O) groups excluding carboxylic acids is 1. The van der Waals surface area contributed by atoms with Gasteiger partial charge in [-0.15, -0.1) is 0 Å². The number of fused-ring (bicyclic) bond motifs is 1. The Labute approximate surface area is 155 Å². The van der Waals surface area contributed by atoms with E-state index in [1.54, 1.807) is 0 Å². The van der Waals surface area contributed by atoms with E-state index in [2.05, 4.69) is 36.2 Å². The number of rotatable bonds is 8.